The van der Waals surface area contributed by atoms with Gasteiger partial charge in [-0.2, -0.15) is 4.98 Å². The molecular weight excluding hydrogens is 192 g/mol. The van der Waals surface area contributed by atoms with E-state index in [9.17, 15) is 0 Å². The van der Waals surface area contributed by atoms with E-state index in [4.69, 9.17) is 10.3 Å². The van der Waals surface area contributed by atoms with Gasteiger partial charge >= 0.3 is 0 Å². The monoisotopic (exact) mass is 210 g/mol. The molecule has 0 spiro atoms. The number of likely N-dealkylation sites (tertiary alicyclic amines) is 1. The van der Waals surface area contributed by atoms with Gasteiger partial charge in [0.2, 0.25) is 5.89 Å². The standard InChI is InChI=1S/C10H18N4O/c1-10(2,3)9-12-8(15-13-9)6-14-4-7(11)5-14/h7H,4-6,11H2,1-3H3. The van der Waals surface area contributed by atoms with Crippen LogP contribution in [0.3, 0.4) is 0 Å². The molecule has 0 radical (unpaired) electrons. The molecule has 0 unspecified atom stereocenters. The maximum Gasteiger partial charge on any atom is 0.240 e. The van der Waals surface area contributed by atoms with Crippen molar-refractivity contribution in [2.45, 2.75) is 38.8 Å². The van der Waals surface area contributed by atoms with Gasteiger partial charge in [0.1, 0.15) is 0 Å². The summed E-state index contributed by atoms with van der Waals surface area (Å²) in [6.07, 6.45) is 0. The van der Waals surface area contributed by atoms with Crippen LogP contribution in [-0.2, 0) is 12.0 Å². The van der Waals surface area contributed by atoms with Crippen LogP contribution in [0, 0.1) is 0 Å². The molecule has 1 aromatic rings. The molecule has 0 amide bonds. The summed E-state index contributed by atoms with van der Waals surface area (Å²) < 4.78 is 5.19. The van der Waals surface area contributed by atoms with Crippen LogP contribution in [0.25, 0.3) is 0 Å². The fraction of sp³-hybridized carbons (Fsp3) is 0.800. The van der Waals surface area contributed by atoms with Crippen LogP contribution in [0.4, 0.5) is 0 Å². The molecule has 2 N–H and O–H groups in total. The smallest absolute Gasteiger partial charge is 0.240 e. The van der Waals surface area contributed by atoms with E-state index in [2.05, 4.69) is 35.8 Å². The van der Waals surface area contributed by atoms with Crippen molar-refractivity contribution < 1.29 is 4.52 Å². The second-order valence-corrected chi connectivity index (χ2v) is 5.22. The molecule has 5 heteroatoms. The molecule has 0 atom stereocenters. The number of hydrogen-bond acceptors (Lipinski definition) is 5. The summed E-state index contributed by atoms with van der Waals surface area (Å²) in [5.74, 6) is 1.45. The molecule has 5 nitrogen and oxygen atoms in total. The normalized spacial score (nSPS) is 19.2. The number of aromatic nitrogens is 2. The summed E-state index contributed by atoms with van der Waals surface area (Å²) in [5.41, 5.74) is 5.64. The lowest BCUT2D eigenvalue weighted by Crippen LogP contribution is -2.54. The Kier molecular flexibility index (Phi) is 2.52. The van der Waals surface area contributed by atoms with E-state index in [1.54, 1.807) is 0 Å². The maximum atomic E-state index is 5.69. The van der Waals surface area contributed by atoms with E-state index < -0.39 is 0 Å². The van der Waals surface area contributed by atoms with Gasteiger partial charge in [-0.3, -0.25) is 4.90 Å². The quantitative estimate of drug-likeness (QED) is 0.770. The number of nitrogens with two attached hydrogens (primary N) is 1. The average Bonchev–Trinajstić information content (AvgIpc) is 2.49. The minimum atomic E-state index is -0.0485. The summed E-state index contributed by atoms with van der Waals surface area (Å²) in [6, 6.07) is 0.315. The van der Waals surface area contributed by atoms with Crippen molar-refractivity contribution in [3.8, 4) is 0 Å². The number of rotatable bonds is 2. The molecule has 1 aromatic heterocycles. The van der Waals surface area contributed by atoms with E-state index in [0.29, 0.717) is 11.9 Å². The highest BCUT2D eigenvalue weighted by molar-refractivity contribution is 5.00. The lowest BCUT2D eigenvalue weighted by molar-refractivity contribution is 0.125. The minimum Gasteiger partial charge on any atom is -0.338 e. The number of nitrogens with zero attached hydrogens (tertiary/aromatic N) is 3. The Morgan fingerprint density at radius 3 is 2.60 bits per heavy atom. The van der Waals surface area contributed by atoms with Crippen LogP contribution in [0.1, 0.15) is 32.5 Å². The van der Waals surface area contributed by atoms with E-state index in [1.807, 2.05) is 0 Å². The van der Waals surface area contributed by atoms with Crippen LogP contribution >= 0.6 is 0 Å². The summed E-state index contributed by atoms with van der Waals surface area (Å²) in [6.45, 7) is 8.78. The van der Waals surface area contributed by atoms with Gasteiger partial charge in [-0.05, 0) is 0 Å². The molecule has 1 fully saturated rings. The number of hydrogen-bond donors (Lipinski definition) is 1. The van der Waals surface area contributed by atoms with Gasteiger partial charge < -0.3 is 10.3 Å². The molecule has 1 saturated heterocycles. The molecule has 84 valence electrons. The summed E-state index contributed by atoms with van der Waals surface area (Å²) >= 11 is 0. The third-order valence-corrected chi connectivity index (χ3v) is 2.48. The molecule has 15 heavy (non-hydrogen) atoms. The first-order valence-corrected chi connectivity index (χ1v) is 5.26. The zero-order valence-corrected chi connectivity index (χ0v) is 9.53. The Labute approximate surface area is 89.6 Å². The van der Waals surface area contributed by atoms with Crippen molar-refractivity contribution in [3.05, 3.63) is 11.7 Å². The molecule has 2 rings (SSSR count). The predicted octanol–water partition coefficient (Wildman–Crippen LogP) is 0.510. The second-order valence-electron chi connectivity index (χ2n) is 5.22. The Morgan fingerprint density at radius 1 is 1.47 bits per heavy atom. The lowest BCUT2D eigenvalue weighted by Gasteiger charge is -2.35. The van der Waals surface area contributed by atoms with Crippen LogP contribution in [0.15, 0.2) is 4.52 Å². The first-order valence-electron chi connectivity index (χ1n) is 5.26. The topological polar surface area (TPSA) is 68.2 Å². The second kappa shape index (κ2) is 3.57. The van der Waals surface area contributed by atoms with Crippen molar-refractivity contribution in [2.24, 2.45) is 5.73 Å². The van der Waals surface area contributed by atoms with Gasteiger partial charge in [-0.15, -0.1) is 0 Å². The van der Waals surface area contributed by atoms with Crippen LogP contribution in [-0.4, -0.2) is 34.2 Å². The Morgan fingerprint density at radius 2 is 2.13 bits per heavy atom. The van der Waals surface area contributed by atoms with Crippen LogP contribution in [0.2, 0.25) is 0 Å². The van der Waals surface area contributed by atoms with Gasteiger partial charge in [0.05, 0.1) is 6.54 Å². The van der Waals surface area contributed by atoms with Crippen molar-refractivity contribution >= 4 is 0 Å². The zero-order chi connectivity index (χ0) is 11.1. The molecule has 0 aliphatic carbocycles. The summed E-state index contributed by atoms with van der Waals surface area (Å²) in [5, 5.41) is 3.97. The van der Waals surface area contributed by atoms with E-state index in [1.165, 1.54) is 0 Å². The lowest BCUT2D eigenvalue weighted by atomic mass is 9.96. The Bertz CT molecular complexity index is 335. The maximum absolute atomic E-state index is 5.69. The fourth-order valence-corrected chi connectivity index (χ4v) is 1.55. The van der Waals surface area contributed by atoms with Crippen molar-refractivity contribution in [1.82, 2.24) is 15.0 Å². The Hall–Kier alpha value is -0.940. The highest BCUT2D eigenvalue weighted by atomic mass is 16.5. The minimum absolute atomic E-state index is 0.0485. The first-order chi connectivity index (χ1) is 6.95. The predicted molar refractivity (Wildman–Crippen MR) is 56.3 cm³/mol. The van der Waals surface area contributed by atoms with E-state index in [-0.39, 0.29) is 5.41 Å². The van der Waals surface area contributed by atoms with Gasteiger partial charge in [0.25, 0.3) is 0 Å². The van der Waals surface area contributed by atoms with E-state index in [0.717, 1.165) is 25.5 Å². The highest BCUT2D eigenvalue weighted by Crippen LogP contribution is 2.19. The molecule has 0 saturated carbocycles. The highest BCUT2D eigenvalue weighted by Gasteiger charge is 2.26. The molecule has 1 aliphatic heterocycles. The van der Waals surface area contributed by atoms with Crippen LogP contribution < -0.4 is 5.73 Å². The molecule has 0 bridgehead atoms. The van der Waals surface area contributed by atoms with Gasteiger partial charge in [-0.25, -0.2) is 0 Å². The van der Waals surface area contributed by atoms with Gasteiger partial charge in [-0.1, -0.05) is 25.9 Å². The average molecular weight is 210 g/mol. The molecule has 1 aliphatic rings. The van der Waals surface area contributed by atoms with Gasteiger partial charge in [0, 0.05) is 24.5 Å². The third-order valence-electron chi connectivity index (χ3n) is 2.48. The first kappa shape index (κ1) is 10.6. The zero-order valence-electron chi connectivity index (χ0n) is 9.53. The van der Waals surface area contributed by atoms with Crippen molar-refractivity contribution in [2.75, 3.05) is 13.1 Å². The van der Waals surface area contributed by atoms with Crippen molar-refractivity contribution in [1.29, 1.82) is 0 Å². The largest absolute Gasteiger partial charge is 0.338 e. The summed E-state index contributed by atoms with van der Waals surface area (Å²) in [4.78, 5) is 6.57. The third kappa shape index (κ3) is 2.35. The molecular formula is C10H18N4O. The fourth-order valence-electron chi connectivity index (χ4n) is 1.55. The molecule has 0 aromatic carbocycles. The molecule has 2 heterocycles. The van der Waals surface area contributed by atoms with Crippen LogP contribution in [0.5, 0.6) is 0 Å². The Balaban J connectivity index is 1.96. The summed E-state index contributed by atoms with van der Waals surface area (Å²) in [7, 11) is 0. The van der Waals surface area contributed by atoms with Gasteiger partial charge in [0.15, 0.2) is 5.82 Å². The van der Waals surface area contributed by atoms with Crippen molar-refractivity contribution in [3.63, 3.8) is 0 Å². The van der Waals surface area contributed by atoms with E-state index >= 15 is 0 Å². The SMILES string of the molecule is CC(C)(C)c1noc(CN2CC(N)C2)n1.